The zero-order chi connectivity index (χ0) is 11.4. The van der Waals surface area contributed by atoms with Crippen LogP contribution in [0.25, 0.3) is 0 Å². The molecule has 2 rings (SSSR count). The van der Waals surface area contributed by atoms with E-state index < -0.39 is 6.10 Å². The fourth-order valence-corrected chi connectivity index (χ4v) is 1.47. The maximum atomic E-state index is 11.7. The van der Waals surface area contributed by atoms with Crippen molar-refractivity contribution < 1.29 is 9.53 Å². The van der Waals surface area contributed by atoms with Gasteiger partial charge in [-0.15, -0.1) is 0 Å². The molecule has 0 aliphatic carbocycles. The molecule has 2 N–H and O–H groups in total. The molecule has 4 nitrogen and oxygen atoms in total. The molecule has 1 fully saturated rings. The minimum absolute atomic E-state index is 0.0990. The van der Waals surface area contributed by atoms with Crippen LogP contribution in [0.5, 0.6) is 0 Å². The maximum absolute atomic E-state index is 11.7. The predicted molar refractivity (Wildman–Crippen MR) is 62.3 cm³/mol. The van der Waals surface area contributed by atoms with Crippen molar-refractivity contribution in [3.05, 3.63) is 30.3 Å². The van der Waals surface area contributed by atoms with Gasteiger partial charge in [-0.1, -0.05) is 18.2 Å². The van der Waals surface area contributed by atoms with E-state index in [4.69, 9.17) is 4.74 Å². The van der Waals surface area contributed by atoms with Crippen molar-refractivity contribution in [2.24, 2.45) is 0 Å². The molecule has 1 unspecified atom stereocenters. The molecule has 1 atom stereocenters. The van der Waals surface area contributed by atoms with Crippen LogP contribution < -0.4 is 10.6 Å². The first-order chi connectivity index (χ1) is 7.75. The van der Waals surface area contributed by atoms with E-state index in [9.17, 15) is 4.79 Å². The Kier molecular flexibility index (Phi) is 3.54. The summed E-state index contributed by atoms with van der Waals surface area (Å²) in [5, 5.41) is 5.91. The first kappa shape index (κ1) is 11.1. The Morgan fingerprint density at radius 2 is 2.12 bits per heavy atom. The normalized spacial score (nSPS) is 17.6. The van der Waals surface area contributed by atoms with Crippen LogP contribution in [-0.4, -0.2) is 31.2 Å². The van der Waals surface area contributed by atoms with Crippen molar-refractivity contribution in [2.45, 2.75) is 19.1 Å². The quantitative estimate of drug-likeness (QED) is 0.796. The van der Waals surface area contributed by atoms with E-state index >= 15 is 0 Å². The second-order valence-electron chi connectivity index (χ2n) is 3.91. The van der Waals surface area contributed by atoms with E-state index in [1.54, 1.807) is 6.92 Å². The number of hydrogen-bond acceptors (Lipinski definition) is 3. The average Bonchev–Trinajstić information content (AvgIpc) is 2.24. The van der Waals surface area contributed by atoms with Gasteiger partial charge in [0.05, 0.1) is 6.10 Å². The van der Waals surface area contributed by atoms with E-state index in [2.05, 4.69) is 10.6 Å². The smallest absolute Gasteiger partial charge is 0.253 e. The van der Waals surface area contributed by atoms with Crippen LogP contribution in [0.15, 0.2) is 30.3 Å². The standard InChI is InChI=1S/C12H16N2O2/c1-9(16-11-7-13-8-11)12(15)14-10-5-3-2-4-6-10/h2-6,9,11,13H,7-8H2,1H3,(H,14,15). The summed E-state index contributed by atoms with van der Waals surface area (Å²) in [4.78, 5) is 11.7. The number of ether oxygens (including phenoxy) is 1. The summed E-state index contributed by atoms with van der Waals surface area (Å²) in [6, 6.07) is 9.40. The highest BCUT2D eigenvalue weighted by Crippen LogP contribution is 2.08. The lowest BCUT2D eigenvalue weighted by molar-refractivity contribution is -0.131. The first-order valence-electron chi connectivity index (χ1n) is 5.48. The first-order valence-corrected chi connectivity index (χ1v) is 5.48. The molecule has 1 aromatic carbocycles. The zero-order valence-corrected chi connectivity index (χ0v) is 9.27. The molecule has 1 aliphatic heterocycles. The Bertz CT molecular complexity index is 349. The highest BCUT2D eigenvalue weighted by Gasteiger charge is 2.23. The Morgan fingerprint density at radius 3 is 2.69 bits per heavy atom. The molecule has 1 saturated heterocycles. The number of para-hydroxylation sites is 1. The highest BCUT2D eigenvalue weighted by molar-refractivity contribution is 5.93. The largest absolute Gasteiger partial charge is 0.363 e. The second-order valence-corrected chi connectivity index (χ2v) is 3.91. The Balaban J connectivity index is 1.82. The third kappa shape index (κ3) is 2.81. The molecule has 1 amide bonds. The van der Waals surface area contributed by atoms with Gasteiger partial charge in [0.15, 0.2) is 0 Å². The third-order valence-corrected chi connectivity index (χ3v) is 2.55. The molecule has 1 aliphatic rings. The summed E-state index contributed by atoms with van der Waals surface area (Å²) in [7, 11) is 0. The number of nitrogens with one attached hydrogen (secondary N) is 2. The molecule has 86 valence electrons. The summed E-state index contributed by atoms with van der Waals surface area (Å²) in [6.45, 7) is 3.45. The van der Waals surface area contributed by atoms with Crippen molar-refractivity contribution >= 4 is 11.6 Å². The lowest BCUT2D eigenvalue weighted by Gasteiger charge is -2.29. The highest BCUT2D eigenvalue weighted by atomic mass is 16.5. The number of amides is 1. The molecule has 0 saturated carbocycles. The predicted octanol–water partition coefficient (Wildman–Crippen LogP) is 1.00. The maximum Gasteiger partial charge on any atom is 0.253 e. The van der Waals surface area contributed by atoms with Crippen LogP contribution >= 0.6 is 0 Å². The Labute approximate surface area is 95.0 Å². The molecule has 0 spiro atoms. The number of rotatable bonds is 4. The summed E-state index contributed by atoms with van der Waals surface area (Å²) >= 11 is 0. The zero-order valence-electron chi connectivity index (χ0n) is 9.27. The second kappa shape index (κ2) is 5.09. The van der Waals surface area contributed by atoms with Gasteiger partial charge in [-0.3, -0.25) is 4.79 Å². The van der Waals surface area contributed by atoms with Crippen LogP contribution in [0.4, 0.5) is 5.69 Å². The number of benzene rings is 1. The molecule has 1 heterocycles. The molecular formula is C12H16N2O2. The van der Waals surface area contributed by atoms with Gasteiger partial charge in [-0.25, -0.2) is 0 Å². The molecule has 1 aromatic rings. The molecule has 0 aromatic heterocycles. The van der Waals surface area contributed by atoms with E-state index in [1.807, 2.05) is 30.3 Å². The molecule has 4 heteroatoms. The lowest BCUT2D eigenvalue weighted by atomic mass is 10.2. The van der Waals surface area contributed by atoms with E-state index in [-0.39, 0.29) is 12.0 Å². The van der Waals surface area contributed by atoms with Gasteiger partial charge in [0.1, 0.15) is 6.10 Å². The van der Waals surface area contributed by atoms with Crippen molar-refractivity contribution in [3.8, 4) is 0 Å². The van der Waals surface area contributed by atoms with Crippen LogP contribution in [0, 0.1) is 0 Å². The number of anilines is 1. The van der Waals surface area contributed by atoms with Crippen molar-refractivity contribution in [1.82, 2.24) is 5.32 Å². The van der Waals surface area contributed by atoms with Crippen LogP contribution in [0.2, 0.25) is 0 Å². The number of hydrogen-bond donors (Lipinski definition) is 2. The minimum atomic E-state index is -0.410. The SMILES string of the molecule is CC(OC1CNC1)C(=O)Nc1ccccc1. The van der Waals surface area contributed by atoms with Crippen LogP contribution in [-0.2, 0) is 9.53 Å². The number of carbonyl (C=O) groups is 1. The topological polar surface area (TPSA) is 50.4 Å². The minimum Gasteiger partial charge on any atom is -0.363 e. The summed E-state index contributed by atoms with van der Waals surface area (Å²) in [5.74, 6) is -0.0990. The van der Waals surface area contributed by atoms with Gasteiger partial charge >= 0.3 is 0 Å². The van der Waals surface area contributed by atoms with E-state index in [1.165, 1.54) is 0 Å². The van der Waals surface area contributed by atoms with Gasteiger partial charge in [-0.05, 0) is 19.1 Å². The fourth-order valence-electron chi connectivity index (χ4n) is 1.47. The van der Waals surface area contributed by atoms with Gasteiger partial charge in [0.25, 0.3) is 5.91 Å². The average molecular weight is 220 g/mol. The Hall–Kier alpha value is -1.39. The van der Waals surface area contributed by atoms with Crippen molar-refractivity contribution in [2.75, 3.05) is 18.4 Å². The third-order valence-electron chi connectivity index (χ3n) is 2.55. The van der Waals surface area contributed by atoms with Crippen molar-refractivity contribution in [3.63, 3.8) is 0 Å². The Morgan fingerprint density at radius 1 is 1.44 bits per heavy atom. The monoisotopic (exact) mass is 220 g/mol. The molecular weight excluding hydrogens is 204 g/mol. The molecule has 0 radical (unpaired) electrons. The van der Waals surface area contributed by atoms with Gasteiger partial charge in [0, 0.05) is 18.8 Å². The van der Waals surface area contributed by atoms with Gasteiger partial charge in [0.2, 0.25) is 0 Å². The van der Waals surface area contributed by atoms with Gasteiger partial charge < -0.3 is 15.4 Å². The molecule has 0 bridgehead atoms. The lowest BCUT2D eigenvalue weighted by Crippen LogP contribution is -2.51. The van der Waals surface area contributed by atoms with Crippen molar-refractivity contribution in [1.29, 1.82) is 0 Å². The summed E-state index contributed by atoms with van der Waals surface area (Å²) in [6.07, 6.45) is -0.233. The van der Waals surface area contributed by atoms with Crippen LogP contribution in [0.1, 0.15) is 6.92 Å². The molecule has 16 heavy (non-hydrogen) atoms. The summed E-state index contributed by atoms with van der Waals surface area (Å²) in [5.41, 5.74) is 0.801. The van der Waals surface area contributed by atoms with E-state index in [0.717, 1.165) is 18.8 Å². The van der Waals surface area contributed by atoms with Crippen LogP contribution in [0.3, 0.4) is 0 Å². The fraction of sp³-hybridized carbons (Fsp3) is 0.417. The van der Waals surface area contributed by atoms with Gasteiger partial charge in [-0.2, -0.15) is 0 Å². The van der Waals surface area contributed by atoms with E-state index in [0.29, 0.717) is 0 Å². The number of carbonyl (C=O) groups excluding carboxylic acids is 1. The summed E-state index contributed by atoms with van der Waals surface area (Å²) < 4.78 is 5.55.